The Hall–Kier alpha value is -1.68. The molecule has 1 aromatic carbocycles. The number of benzene rings is 1. The van der Waals surface area contributed by atoms with E-state index in [4.69, 9.17) is 6.42 Å². The molecule has 0 atom stereocenters. The highest BCUT2D eigenvalue weighted by atomic mass is 15.1. The van der Waals surface area contributed by atoms with Gasteiger partial charge in [0, 0.05) is 19.8 Å². The smallest absolute Gasteiger partial charge is 0.0361 e. The van der Waals surface area contributed by atoms with Gasteiger partial charge in [-0.2, -0.15) is 0 Å². The van der Waals surface area contributed by atoms with E-state index in [1.807, 2.05) is 32.3 Å². The maximum absolute atomic E-state index is 5.11. The Labute approximate surface area is 79.7 Å². The van der Waals surface area contributed by atoms with Gasteiger partial charge in [-0.15, -0.1) is 6.42 Å². The molecule has 0 unspecified atom stereocenters. The molecule has 1 aromatic rings. The summed E-state index contributed by atoms with van der Waals surface area (Å²) in [5.74, 6) is 2.46. The monoisotopic (exact) mass is 171 g/mol. The largest absolute Gasteiger partial charge is 0.378 e. The minimum absolute atomic E-state index is 1.13. The first kappa shape index (κ1) is 9.41. The topological polar surface area (TPSA) is 3.24 Å². The lowest BCUT2D eigenvalue weighted by atomic mass is 10.2. The molecule has 0 radical (unpaired) electrons. The first-order chi connectivity index (χ1) is 6.24. The molecule has 0 aliphatic rings. The van der Waals surface area contributed by atoms with Crippen LogP contribution in [-0.4, -0.2) is 14.1 Å². The van der Waals surface area contributed by atoms with E-state index in [0.29, 0.717) is 0 Å². The fourth-order valence-electron chi connectivity index (χ4n) is 1.03. The van der Waals surface area contributed by atoms with Crippen LogP contribution < -0.4 is 4.90 Å². The lowest BCUT2D eigenvalue weighted by molar-refractivity contribution is 1.13. The van der Waals surface area contributed by atoms with E-state index >= 15 is 0 Å². The Morgan fingerprint density at radius 1 is 1.23 bits per heavy atom. The molecule has 13 heavy (non-hydrogen) atoms. The highest BCUT2D eigenvalue weighted by molar-refractivity contribution is 5.57. The first-order valence-electron chi connectivity index (χ1n) is 4.14. The second kappa shape index (κ2) is 4.37. The summed E-state index contributed by atoms with van der Waals surface area (Å²) < 4.78 is 0. The van der Waals surface area contributed by atoms with E-state index < -0.39 is 0 Å². The molecule has 0 saturated carbocycles. The van der Waals surface area contributed by atoms with Crippen LogP contribution in [0.1, 0.15) is 5.56 Å². The summed E-state index contributed by atoms with van der Waals surface area (Å²) in [7, 11) is 4.04. The van der Waals surface area contributed by atoms with Crippen LogP contribution in [0.25, 0.3) is 6.08 Å². The van der Waals surface area contributed by atoms with Crippen molar-refractivity contribution in [2.24, 2.45) is 0 Å². The summed E-state index contributed by atoms with van der Waals surface area (Å²) in [6.45, 7) is 0. The van der Waals surface area contributed by atoms with Gasteiger partial charge in [0.15, 0.2) is 0 Å². The molecule has 0 saturated heterocycles. The average molecular weight is 171 g/mol. The maximum Gasteiger partial charge on any atom is 0.0361 e. The molecule has 0 aliphatic carbocycles. The quantitative estimate of drug-likeness (QED) is 0.618. The van der Waals surface area contributed by atoms with Gasteiger partial charge in [0.1, 0.15) is 0 Å². The summed E-state index contributed by atoms with van der Waals surface area (Å²) >= 11 is 0. The third kappa shape index (κ3) is 2.68. The van der Waals surface area contributed by atoms with Gasteiger partial charge in [-0.25, -0.2) is 0 Å². The van der Waals surface area contributed by atoms with Gasteiger partial charge < -0.3 is 4.90 Å². The first-order valence-corrected chi connectivity index (χ1v) is 4.14. The lowest BCUT2D eigenvalue weighted by Gasteiger charge is -2.11. The van der Waals surface area contributed by atoms with E-state index in [1.165, 1.54) is 5.69 Å². The van der Waals surface area contributed by atoms with Crippen molar-refractivity contribution >= 4 is 11.8 Å². The molecule has 0 heterocycles. The van der Waals surface area contributed by atoms with E-state index in [9.17, 15) is 0 Å². The summed E-state index contributed by atoms with van der Waals surface area (Å²) in [5.41, 5.74) is 2.32. The van der Waals surface area contributed by atoms with Crippen LogP contribution in [0.3, 0.4) is 0 Å². The van der Waals surface area contributed by atoms with E-state index in [0.717, 1.165) is 5.56 Å². The summed E-state index contributed by atoms with van der Waals surface area (Å²) in [4.78, 5) is 2.06. The predicted molar refractivity (Wildman–Crippen MR) is 58.6 cm³/mol. The van der Waals surface area contributed by atoms with Crippen LogP contribution in [0.5, 0.6) is 0 Å². The highest BCUT2D eigenvalue weighted by Gasteiger charge is 1.92. The minimum atomic E-state index is 1.13. The van der Waals surface area contributed by atoms with Crippen LogP contribution in [0.4, 0.5) is 5.69 Å². The predicted octanol–water partition coefficient (Wildman–Crippen LogP) is 2.40. The molecule has 0 fully saturated rings. The fraction of sp³-hybridized carbons (Fsp3) is 0.167. The number of hydrogen-bond acceptors (Lipinski definition) is 1. The summed E-state index contributed by atoms with van der Waals surface area (Å²) in [6.07, 6.45) is 8.72. The van der Waals surface area contributed by atoms with Crippen molar-refractivity contribution in [3.63, 3.8) is 0 Å². The standard InChI is InChI=1S/C12H13N/c1-4-5-6-11-7-9-12(10-8-11)13(2)3/h1,5-10H,2-3H3/b6-5-. The Balaban J connectivity index is 2.83. The molecule has 0 aromatic heterocycles. The number of rotatable bonds is 2. The lowest BCUT2D eigenvalue weighted by Crippen LogP contribution is -2.07. The number of terminal acetylenes is 1. The number of allylic oxidation sites excluding steroid dienone is 1. The Bertz CT molecular complexity index is 325. The Morgan fingerprint density at radius 3 is 2.31 bits per heavy atom. The van der Waals surface area contributed by atoms with Gasteiger partial charge in [0.05, 0.1) is 0 Å². The van der Waals surface area contributed by atoms with Crippen molar-refractivity contribution in [1.29, 1.82) is 0 Å². The van der Waals surface area contributed by atoms with Crippen molar-refractivity contribution in [1.82, 2.24) is 0 Å². The van der Waals surface area contributed by atoms with Gasteiger partial charge in [0.25, 0.3) is 0 Å². The highest BCUT2D eigenvalue weighted by Crippen LogP contribution is 2.12. The SMILES string of the molecule is C#C/C=C\c1ccc(N(C)C)cc1. The molecular formula is C12H13N. The van der Waals surface area contributed by atoms with E-state index in [2.05, 4.69) is 23.0 Å². The van der Waals surface area contributed by atoms with Crippen molar-refractivity contribution in [2.45, 2.75) is 0 Å². The van der Waals surface area contributed by atoms with Crippen molar-refractivity contribution in [3.8, 4) is 12.3 Å². The van der Waals surface area contributed by atoms with E-state index in [1.54, 1.807) is 6.08 Å². The van der Waals surface area contributed by atoms with Gasteiger partial charge >= 0.3 is 0 Å². The molecular weight excluding hydrogens is 158 g/mol. The van der Waals surface area contributed by atoms with Crippen LogP contribution in [-0.2, 0) is 0 Å². The Kier molecular flexibility index (Phi) is 3.16. The maximum atomic E-state index is 5.11. The van der Waals surface area contributed by atoms with Gasteiger partial charge in [-0.3, -0.25) is 0 Å². The second-order valence-corrected chi connectivity index (χ2v) is 2.99. The zero-order valence-electron chi connectivity index (χ0n) is 7.99. The van der Waals surface area contributed by atoms with Crippen LogP contribution >= 0.6 is 0 Å². The van der Waals surface area contributed by atoms with Gasteiger partial charge in [0.2, 0.25) is 0 Å². The molecule has 0 N–H and O–H groups in total. The molecule has 66 valence electrons. The molecule has 0 bridgehead atoms. The number of nitrogens with zero attached hydrogens (tertiary/aromatic N) is 1. The third-order valence-corrected chi connectivity index (χ3v) is 1.78. The number of hydrogen-bond donors (Lipinski definition) is 0. The van der Waals surface area contributed by atoms with Crippen molar-refractivity contribution < 1.29 is 0 Å². The third-order valence-electron chi connectivity index (χ3n) is 1.78. The van der Waals surface area contributed by atoms with Crippen LogP contribution in [0.15, 0.2) is 30.3 Å². The molecule has 1 heteroatoms. The molecule has 0 aliphatic heterocycles. The van der Waals surface area contributed by atoms with Crippen LogP contribution in [0.2, 0.25) is 0 Å². The molecule has 0 spiro atoms. The normalized spacial score (nSPS) is 9.92. The minimum Gasteiger partial charge on any atom is -0.378 e. The number of anilines is 1. The van der Waals surface area contributed by atoms with Gasteiger partial charge in [-0.05, 0) is 29.8 Å². The zero-order valence-corrected chi connectivity index (χ0v) is 7.99. The summed E-state index contributed by atoms with van der Waals surface area (Å²) in [6, 6.07) is 8.22. The summed E-state index contributed by atoms with van der Waals surface area (Å²) in [5, 5.41) is 0. The molecule has 1 nitrogen and oxygen atoms in total. The van der Waals surface area contributed by atoms with Crippen LogP contribution in [0, 0.1) is 12.3 Å². The molecule has 0 amide bonds. The van der Waals surface area contributed by atoms with E-state index in [-0.39, 0.29) is 0 Å². The second-order valence-electron chi connectivity index (χ2n) is 2.99. The van der Waals surface area contributed by atoms with Crippen molar-refractivity contribution in [2.75, 3.05) is 19.0 Å². The van der Waals surface area contributed by atoms with Gasteiger partial charge in [-0.1, -0.05) is 18.1 Å². The van der Waals surface area contributed by atoms with Crippen molar-refractivity contribution in [3.05, 3.63) is 35.9 Å². The zero-order chi connectivity index (χ0) is 9.68. The Morgan fingerprint density at radius 2 is 1.85 bits per heavy atom. The molecule has 1 rings (SSSR count). The fourth-order valence-corrected chi connectivity index (χ4v) is 1.03. The average Bonchev–Trinajstić information content (AvgIpc) is 2.15.